The summed E-state index contributed by atoms with van der Waals surface area (Å²) in [5.41, 5.74) is 1.24. The molecule has 4 aromatic rings. The number of aromatic nitrogens is 1. The minimum atomic E-state index is -4.08. The molecular formula is C23H16ClN3O3S. The third-order valence-corrected chi connectivity index (χ3v) is 6.53. The molecule has 0 aliphatic heterocycles. The van der Waals surface area contributed by atoms with Crippen LogP contribution in [0.3, 0.4) is 0 Å². The lowest BCUT2D eigenvalue weighted by Crippen LogP contribution is -2.30. The van der Waals surface area contributed by atoms with Gasteiger partial charge in [-0.05, 0) is 42.0 Å². The Kier molecular flexibility index (Phi) is 5.76. The van der Waals surface area contributed by atoms with Crippen LogP contribution in [0.2, 0.25) is 5.02 Å². The van der Waals surface area contributed by atoms with Crippen LogP contribution in [0.5, 0.6) is 0 Å². The molecule has 154 valence electrons. The molecule has 1 heterocycles. The van der Waals surface area contributed by atoms with Crippen molar-refractivity contribution in [2.75, 3.05) is 4.31 Å². The maximum atomic E-state index is 13.5. The summed E-state index contributed by atoms with van der Waals surface area (Å²) in [7, 11) is -4.08. The fourth-order valence-electron chi connectivity index (χ4n) is 3.01. The van der Waals surface area contributed by atoms with E-state index in [1.165, 1.54) is 24.3 Å². The number of halogens is 1. The average Bonchev–Trinajstić information content (AvgIpc) is 3.23. The van der Waals surface area contributed by atoms with Crippen LogP contribution in [0.1, 0.15) is 11.3 Å². The molecule has 0 saturated carbocycles. The molecule has 31 heavy (non-hydrogen) atoms. The molecule has 0 bridgehead atoms. The van der Waals surface area contributed by atoms with Gasteiger partial charge in [-0.15, -0.1) is 0 Å². The SMILES string of the molecule is N#Cc1nc(-c2ccccc2)oc1N(Cc1ccccc1)S(=O)(=O)c1ccc(Cl)cc1. The number of sulfonamides is 1. The van der Waals surface area contributed by atoms with E-state index in [1.807, 2.05) is 30.3 Å². The summed E-state index contributed by atoms with van der Waals surface area (Å²) in [6.07, 6.45) is 0. The molecule has 0 fully saturated rings. The van der Waals surface area contributed by atoms with Crippen molar-refractivity contribution in [3.8, 4) is 17.5 Å². The van der Waals surface area contributed by atoms with Crippen LogP contribution in [-0.2, 0) is 16.6 Å². The Bertz CT molecular complexity index is 1330. The number of anilines is 1. The van der Waals surface area contributed by atoms with Gasteiger partial charge in [0.2, 0.25) is 17.5 Å². The quantitative estimate of drug-likeness (QED) is 0.400. The zero-order chi connectivity index (χ0) is 21.8. The second kappa shape index (κ2) is 8.64. The summed E-state index contributed by atoms with van der Waals surface area (Å²) < 4.78 is 34.0. The minimum absolute atomic E-state index is 0.0226. The summed E-state index contributed by atoms with van der Waals surface area (Å²) in [6, 6.07) is 25.8. The van der Waals surface area contributed by atoms with Crippen LogP contribution in [0.15, 0.2) is 94.2 Å². The van der Waals surface area contributed by atoms with Crippen LogP contribution in [0.4, 0.5) is 5.88 Å². The van der Waals surface area contributed by atoms with Gasteiger partial charge in [0.15, 0.2) is 0 Å². The van der Waals surface area contributed by atoms with E-state index in [1.54, 1.807) is 36.4 Å². The molecule has 0 saturated heterocycles. The molecule has 0 N–H and O–H groups in total. The Morgan fingerprint density at radius 3 is 2.16 bits per heavy atom. The molecule has 0 radical (unpaired) electrons. The maximum absolute atomic E-state index is 13.5. The molecule has 8 heteroatoms. The largest absolute Gasteiger partial charge is 0.418 e. The van der Waals surface area contributed by atoms with Gasteiger partial charge in [-0.25, -0.2) is 12.7 Å². The van der Waals surface area contributed by atoms with Gasteiger partial charge < -0.3 is 4.42 Å². The van der Waals surface area contributed by atoms with Gasteiger partial charge in [-0.3, -0.25) is 0 Å². The normalized spacial score (nSPS) is 11.1. The average molecular weight is 450 g/mol. The van der Waals surface area contributed by atoms with Crippen molar-refractivity contribution in [3.63, 3.8) is 0 Å². The minimum Gasteiger partial charge on any atom is -0.418 e. The predicted molar refractivity (Wildman–Crippen MR) is 118 cm³/mol. The van der Waals surface area contributed by atoms with Crippen molar-refractivity contribution in [2.45, 2.75) is 11.4 Å². The Hall–Kier alpha value is -3.60. The highest BCUT2D eigenvalue weighted by molar-refractivity contribution is 7.92. The predicted octanol–water partition coefficient (Wildman–Crippen LogP) is 5.26. The lowest BCUT2D eigenvalue weighted by Gasteiger charge is -2.22. The number of rotatable bonds is 6. The summed E-state index contributed by atoms with van der Waals surface area (Å²) in [4.78, 5) is 4.25. The standard InChI is InChI=1S/C23H16ClN3O3S/c24-19-11-13-20(14-12-19)31(28,29)27(16-17-7-3-1-4-8-17)23-21(15-25)26-22(30-23)18-9-5-2-6-10-18/h1-14H,16H2. The first-order valence-electron chi connectivity index (χ1n) is 9.27. The molecule has 0 unspecified atom stereocenters. The highest BCUT2D eigenvalue weighted by Crippen LogP contribution is 2.33. The van der Waals surface area contributed by atoms with E-state index in [2.05, 4.69) is 4.98 Å². The van der Waals surface area contributed by atoms with Gasteiger partial charge in [0, 0.05) is 10.6 Å². The van der Waals surface area contributed by atoms with Crippen LogP contribution in [-0.4, -0.2) is 13.4 Å². The van der Waals surface area contributed by atoms with Gasteiger partial charge in [-0.1, -0.05) is 60.1 Å². The fourth-order valence-corrected chi connectivity index (χ4v) is 4.53. The third-order valence-electron chi connectivity index (χ3n) is 4.53. The number of benzene rings is 3. The number of hydrogen-bond acceptors (Lipinski definition) is 5. The van der Waals surface area contributed by atoms with Gasteiger partial charge in [0.05, 0.1) is 11.4 Å². The van der Waals surface area contributed by atoms with Crippen LogP contribution in [0.25, 0.3) is 11.5 Å². The Morgan fingerprint density at radius 2 is 1.55 bits per heavy atom. The lowest BCUT2D eigenvalue weighted by atomic mass is 10.2. The fraction of sp³-hybridized carbons (Fsp3) is 0.0435. The topological polar surface area (TPSA) is 87.2 Å². The summed E-state index contributed by atoms with van der Waals surface area (Å²) >= 11 is 5.93. The molecular weight excluding hydrogens is 434 g/mol. The van der Waals surface area contributed by atoms with Crippen molar-refractivity contribution in [2.24, 2.45) is 0 Å². The summed E-state index contributed by atoms with van der Waals surface area (Å²) in [5, 5.41) is 10.1. The molecule has 0 spiro atoms. The second-order valence-corrected chi connectivity index (χ2v) is 8.90. The number of nitrogens with zero attached hydrogens (tertiary/aromatic N) is 3. The lowest BCUT2D eigenvalue weighted by molar-refractivity contribution is 0.554. The van der Waals surface area contributed by atoms with Gasteiger partial charge in [0.25, 0.3) is 10.0 Å². The molecule has 6 nitrogen and oxygen atoms in total. The van der Waals surface area contributed by atoms with E-state index < -0.39 is 10.0 Å². The second-order valence-electron chi connectivity index (χ2n) is 6.60. The van der Waals surface area contributed by atoms with Crippen LogP contribution < -0.4 is 4.31 Å². The summed E-state index contributed by atoms with van der Waals surface area (Å²) in [5.74, 6) is 0.0247. The Labute approximate surface area is 185 Å². The van der Waals surface area contributed by atoms with Crippen molar-refractivity contribution in [1.82, 2.24) is 4.98 Å². The van der Waals surface area contributed by atoms with Crippen molar-refractivity contribution < 1.29 is 12.8 Å². The van der Waals surface area contributed by atoms with E-state index >= 15 is 0 Å². The third kappa shape index (κ3) is 4.31. The zero-order valence-corrected chi connectivity index (χ0v) is 17.7. The smallest absolute Gasteiger partial charge is 0.267 e. The van der Waals surface area contributed by atoms with Crippen molar-refractivity contribution >= 4 is 27.5 Å². The van der Waals surface area contributed by atoms with E-state index in [4.69, 9.17) is 16.0 Å². The van der Waals surface area contributed by atoms with Gasteiger partial charge in [-0.2, -0.15) is 10.2 Å². The first-order valence-corrected chi connectivity index (χ1v) is 11.1. The Morgan fingerprint density at radius 1 is 0.935 bits per heavy atom. The first-order chi connectivity index (χ1) is 15.0. The van der Waals surface area contributed by atoms with Crippen molar-refractivity contribution in [3.05, 3.63) is 101 Å². The van der Waals surface area contributed by atoms with Crippen LogP contribution >= 0.6 is 11.6 Å². The number of hydrogen-bond donors (Lipinski definition) is 0. The van der Waals surface area contributed by atoms with Gasteiger partial charge >= 0.3 is 0 Å². The highest BCUT2D eigenvalue weighted by atomic mass is 35.5. The van der Waals surface area contributed by atoms with E-state index in [0.717, 1.165) is 9.87 Å². The molecule has 1 aromatic heterocycles. The summed E-state index contributed by atoms with van der Waals surface area (Å²) in [6.45, 7) is -0.0378. The van der Waals surface area contributed by atoms with E-state index in [-0.39, 0.29) is 28.9 Å². The molecule has 0 aliphatic rings. The molecule has 0 aliphatic carbocycles. The maximum Gasteiger partial charge on any atom is 0.267 e. The van der Waals surface area contributed by atoms with Crippen LogP contribution in [0, 0.1) is 11.3 Å². The highest BCUT2D eigenvalue weighted by Gasteiger charge is 2.31. The van der Waals surface area contributed by atoms with E-state index in [9.17, 15) is 13.7 Å². The number of oxazole rings is 1. The van der Waals surface area contributed by atoms with Crippen molar-refractivity contribution in [1.29, 1.82) is 5.26 Å². The zero-order valence-electron chi connectivity index (χ0n) is 16.1. The molecule has 3 aromatic carbocycles. The first kappa shape index (κ1) is 20.7. The molecule has 4 rings (SSSR count). The monoisotopic (exact) mass is 449 g/mol. The molecule has 0 amide bonds. The van der Waals surface area contributed by atoms with E-state index in [0.29, 0.717) is 10.6 Å². The molecule has 0 atom stereocenters. The number of nitriles is 1. The Balaban J connectivity index is 1.86. The van der Waals surface area contributed by atoms with Gasteiger partial charge in [0.1, 0.15) is 6.07 Å².